The fourth-order valence-electron chi connectivity index (χ4n) is 2.81. The second-order valence-corrected chi connectivity index (χ2v) is 6.51. The van der Waals surface area contributed by atoms with Gasteiger partial charge in [0, 0.05) is 19.5 Å². The summed E-state index contributed by atoms with van der Waals surface area (Å²) >= 11 is 0. The van der Waals surface area contributed by atoms with Gasteiger partial charge in [-0.05, 0) is 44.9 Å². The Morgan fingerprint density at radius 3 is 2.67 bits per heavy atom. The van der Waals surface area contributed by atoms with Gasteiger partial charge < -0.3 is 14.7 Å². The first kappa shape index (κ1) is 13.2. The molecule has 2 rings (SSSR count). The minimum Gasteiger partial charge on any atom is -0.481 e. The molecule has 1 amide bonds. The SMILES string of the molecule is CC(C)(C)OC(=O)N1CCC2(CC2CC(=O)O)C1. The molecule has 0 aromatic carbocycles. The third kappa shape index (κ3) is 2.76. The molecule has 1 saturated heterocycles. The number of nitrogens with zero attached hydrogens (tertiary/aromatic N) is 1. The van der Waals surface area contributed by atoms with Crippen LogP contribution in [0.5, 0.6) is 0 Å². The van der Waals surface area contributed by atoms with E-state index in [0.29, 0.717) is 13.1 Å². The van der Waals surface area contributed by atoms with Crippen LogP contribution in [-0.4, -0.2) is 40.8 Å². The lowest BCUT2D eigenvalue weighted by molar-refractivity contribution is -0.137. The number of hydrogen-bond donors (Lipinski definition) is 1. The molecule has 1 saturated carbocycles. The van der Waals surface area contributed by atoms with Crippen molar-refractivity contribution in [3.8, 4) is 0 Å². The van der Waals surface area contributed by atoms with Crippen LogP contribution in [0.3, 0.4) is 0 Å². The molecule has 102 valence electrons. The number of carbonyl (C=O) groups is 2. The molecule has 2 atom stereocenters. The van der Waals surface area contributed by atoms with E-state index < -0.39 is 11.6 Å². The van der Waals surface area contributed by atoms with E-state index in [-0.39, 0.29) is 23.8 Å². The number of aliphatic carboxylic acids is 1. The Hall–Kier alpha value is -1.26. The van der Waals surface area contributed by atoms with E-state index in [2.05, 4.69) is 0 Å². The first-order chi connectivity index (χ1) is 8.22. The number of hydrogen-bond acceptors (Lipinski definition) is 3. The Kier molecular flexibility index (Phi) is 3.03. The second kappa shape index (κ2) is 4.14. The highest BCUT2D eigenvalue weighted by molar-refractivity contribution is 5.70. The Bertz CT molecular complexity index is 374. The Morgan fingerprint density at radius 1 is 1.44 bits per heavy atom. The molecule has 2 aliphatic rings. The van der Waals surface area contributed by atoms with Crippen molar-refractivity contribution in [1.82, 2.24) is 4.90 Å². The van der Waals surface area contributed by atoms with E-state index in [1.54, 1.807) is 4.90 Å². The molecule has 0 bridgehead atoms. The molecule has 1 spiro atoms. The van der Waals surface area contributed by atoms with Crippen molar-refractivity contribution in [3.63, 3.8) is 0 Å². The summed E-state index contributed by atoms with van der Waals surface area (Å²) in [7, 11) is 0. The van der Waals surface area contributed by atoms with Gasteiger partial charge in [-0.3, -0.25) is 4.79 Å². The first-order valence-electron chi connectivity index (χ1n) is 6.42. The fraction of sp³-hybridized carbons (Fsp3) is 0.846. The molecule has 1 N–H and O–H groups in total. The highest BCUT2D eigenvalue weighted by Crippen LogP contribution is 2.60. The van der Waals surface area contributed by atoms with E-state index in [4.69, 9.17) is 9.84 Å². The van der Waals surface area contributed by atoms with E-state index in [0.717, 1.165) is 12.8 Å². The maximum atomic E-state index is 11.9. The molecular weight excluding hydrogens is 234 g/mol. The van der Waals surface area contributed by atoms with Crippen LogP contribution in [0.2, 0.25) is 0 Å². The number of likely N-dealkylation sites (tertiary alicyclic amines) is 1. The van der Waals surface area contributed by atoms with Gasteiger partial charge in [0.15, 0.2) is 0 Å². The molecular formula is C13H21NO4. The van der Waals surface area contributed by atoms with E-state index >= 15 is 0 Å². The van der Waals surface area contributed by atoms with Crippen molar-refractivity contribution >= 4 is 12.1 Å². The number of carboxylic acids is 1. The van der Waals surface area contributed by atoms with Crippen LogP contribution in [0.15, 0.2) is 0 Å². The molecule has 18 heavy (non-hydrogen) atoms. The summed E-state index contributed by atoms with van der Waals surface area (Å²) in [4.78, 5) is 24.3. The van der Waals surface area contributed by atoms with Crippen LogP contribution in [-0.2, 0) is 9.53 Å². The van der Waals surface area contributed by atoms with Gasteiger partial charge in [-0.1, -0.05) is 0 Å². The third-order valence-corrected chi connectivity index (χ3v) is 3.82. The smallest absolute Gasteiger partial charge is 0.410 e. The second-order valence-electron chi connectivity index (χ2n) is 6.51. The highest BCUT2D eigenvalue weighted by atomic mass is 16.6. The van der Waals surface area contributed by atoms with Crippen molar-refractivity contribution in [3.05, 3.63) is 0 Å². The molecule has 2 unspecified atom stereocenters. The number of carboxylic acid groups (broad SMARTS) is 1. The van der Waals surface area contributed by atoms with Crippen molar-refractivity contribution < 1.29 is 19.4 Å². The van der Waals surface area contributed by atoms with Crippen LogP contribution in [0.25, 0.3) is 0 Å². The first-order valence-corrected chi connectivity index (χ1v) is 6.42. The normalized spacial score (nSPS) is 30.6. The third-order valence-electron chi connectivity index (χ3n) is 3.82. The number of ether oxygens (including phenoxy) is 1. The highest BCUT2D eigenvalue weighted by Gasteiger charge is 2.58. The van der Waals surface area contributed by atoms with Gasteiger partial charge in [0.05, 0.1) is 0 Å². The summed E-state index contributed by atoms with van der Waals surface area (Å²) in [6.45, 7) is 6.88. The summed E-state index contributed by atoms with van der Waals surface area (Å²) in [6, 6.07) is 0. The van der Waals surface area contributed by atoms with Gasteiger partial charge in [0.25, 0.3) is 0 Å². The number of rotatable bonds is 2. The lowest BCUT2D eigenvalue weighted by Crippen LogP contribution is -2.35. The lowest BCUT2D eigenvalue weighted by Gasteiger charge is -2.24. The van der Waals surface area contributed by atoms with Crippen LogP contribution < -0.4 is 0 Å². The topological polar surface area (TPSA) is 66.8 Å². The standard InChI is InChI=1S/C13H21NO4/c1-12(2,3)18-11(17)14-5-4-13(8-14)7-9(13)6-10(15)16/h9H,4-8H2,1-3H3,(H,15,16). The van der Waals surface area contributed by atoms with Crippen LogP contribution in [0, 0.1) is 11.3 Å². The van der Waals surface area contributed by atoms with Gasteiger partial charge in [-0.2, -0.15) is 0 Å². The predicted octanol–water partition coefficient (Wildman–Crippen LogP) is 2.11. The molecule has 1 aliphatic carbocycles. The summed E-state index contributed by atoms with van der Waals surface area (Å²) in [5.74, 6) is -0.505. The Morgan fingerprint density at radius 2 is 2.11 bits per heavy atom. The maximum absolute atomic E-state index is 11.9. The summed E-state index contributed by atoms with van der Waals surface area (Å²) < 4.78 is 5.33. The molecule has 0 aromatic heterocycles. The monoisotopic (exact) mass is 255 g/mol. The molecule has 0 radical (unpaired) electrons. The van der Waals surface area contributed by atoms with E-state index in [1.807, 2.05) is 20.8 Å². The van der Waals surface area contributed by atoms with Crippen LogP contribution in [0.1, 0.15) is 40.0 Å². The Balaban J connectivity index is 1.86. The largest absolute Gasteiger partial charge is 0.481 e. The van der Waals surface area contributed by atoms with Crippen molar-refractivity contribution in [2.24, 2.45) is 11.3 Å². The minimum absolute atomic E-state index is 0.0648. The van der Waals surface area contributed by atoms with Gasteiger partial charge in [0.2, 0.25) is 0 Å². The number of carbonyl (C=O) groups excluding carboxylic acids is 1. The molecule has 1 aliphatic heterocycles. The summed E-state index contributed by atoms with van der Waals surface area (Å²) in [5, 5.41) is 8.79. The number of amides is 1. The maximum Gasteiger partial charge on any atom is 0.410 e. The lowest BCUT2D eigenvalue weighted by atomic mass is 10.0. The van der Waals surface area contributed by atoms with E-state index in [1.165, 1.54) is 0 Å². The van der Waals surface area contributed by atoms with Crippen LogP contribution >= 0.6 is 0 Å². The summed E-state index contributed by atoms with van der Waals surface area (Å²) in [5.41, 5.74) is -0.411. The fourth-order valence-corrected chi connectivity index (χ4v) is 2.81. The van der Waals surface area contributed by atoms with Crippen molar-refractivity contribution in [1.29, 1.82) is 0 Å². The zero-order valence-electron chi connectivity index (χ0n) is 11.2. The molecule has 5 heteroatoms. The van der Waals surface area contributed by atoms with Crippen LogP contribution in [0.4, 0.5) is 4.79 Å². The van der Waals surface area contributed by atoms with Gasteiger partial charge in [0.1, 0.15) is 5.60 Å². The summed E-state index contributed by atoms with van der Waals surface area (Å²) in [6.07, 6.45) is 1.78. The quantitative estimate of drug-likeness (QED) is 0.820. The zero-order chi connectivity index (χ0) is 13.6. The zero-order valence-corrected chi connectivity index (χ0v) is 11.2. The van der Waals surface area contributed by atoms with Gasteiger partial charge >= 0.3 is 12.1 Å². The molecule has 0 aromatic rings. The van der Waals surface area contributed by atoms with Crippen molar-refractivity contribution in [2.75, 3.05) is 13.1 Å². The molecule has 5 nitrogen and oxygen atoms in total. The van der Waals surface area contributed by atoms with E-state index in [9.17, 15) is 9.59 Å². The Labute approximate surface area is 107 Å². The van der Waals surface area contributed by atoms with Crippen molar-refractivity contribution in [2.45, 2.75) is 45.6 Å². The van der Waals surface area contributed by atoms with Gasteiger partial charge in [-0.25, -0.2) is 4.79 Å². The van der Waals surface area contributed by atoms with Gasteiger partial charge in [-0.15, -0.1) is 0 Å². The average molecular weight is 255 g/mol. The minimum atomic E-state index is -0.743. The molecule has 2 fully saturated rings. The molecule has 1 heterocycles. The average Bonchev–Trinajstić information content (AvgIpc) is 2.67. The predicted molar refractivity (Wildman–Crippen MR) is 65.2 cm³/mol.